The second-order valence-electron chi connectivity index (χ2n) is 6.80. The molecule has 1 aromatic heterocycles. The summed E-state index contributed by atoms with van der Waals surface area (Å²) in [6.07, 6.45) is 4.75. The van der Waals surface area contributed by atoms with Crippen LogP contribution in [0.2, 0.25) is 0 Å². The third-order valence-corrected chi connectivity index (χ3v) is 4.59. The topological polar surface area (TPSA) is 77.7 Å². The zero-order chi connectivity index (χ0) is 17.6. The number of aliphatic hydroxyl groups is 1. The first-order chi connectivity index (χ1) is 11.4. The summed E-state index contributed by atoms with van der Waals surface area (Å²) in [5, 5.41) is 21.4. The Hall–Kier alpha value is -0.870. The fraction of sp³-hybridized carbons (Fsp3) is 0.765. The first kappa shape index (κ1) is 22.2. The SMILES string of the molecule is CCNC(=NCC(C)(O)c1cnn(C)c1)NCC1CCN(CC)C1.I. The molecule has 1 aliphatic heterocycles. The molecule has 8 heteroatoms. The smallest absolute Gasteiger partial charge is 0.191 e. The lowest BCUT2D eigenvalue weighted by Gasteiger charge is -2.21. The van der Waals surface area contributed by atoms with E-state index >= 15 is 0 Å². The molecule has 0 saturated carbocycles. The Morgan fingerprint density at radius 3 is 2.76 bits per heavy atom. The van der Waals surface area contributed by atoms with Crippen molar-refractivity contribution >= 4 is 29.9 Å². The Morgan fingerprint density at radius 2 is 2.20 bits per heavy atom. The summed E-state index contributed by atoms with van der Waals surface area (Å²) in [6, 6.07) is 0. The van der Waals surface area contributed by atoms with Crippen LogP contribution in [0.1, 0.15) is 32.8 Å². The Morgan fingerprint density at radius 1 is 1.44 bits per heavy atom. The Kier molecular flexibility index (Phi) is 9.15. The van der Waals surface area contributed by atoms with Crippen LogP contribution in [0.5, 0.6) is 0 Å². The van der Waals surface area contributed by atoms with Crippen LogP contribution in [0, 0.1) is 5.92 Å². The van der Waals surface area contributed by atoms with Crippen molar-refractivity contribution < 1.29 is 5.11 Å². The van der Waals surface area contributed by atoms with Crippen LogP contribution in [-0.2, 0) is 12.6 Å². The number of nitrogens with one attached hydrogen (secondary N) is 2. The van der Waals surface area contributed by atoms with Gasteiger partial charge in [0.15, 0.2) is 5.96 Å². The normalized spacial score (nSPS) is 20.8. The van der Waals surface area contributed by atoms with E-state index in [4.69, 9.17) is 0 Å². The lowest BCUT2D eigenvalue weighted by Crippen LogP contribution is -2.41. The zero-order valence-electron chi connectivity index (χ0n) is 15.8. The van der Waals surface area contributed by atoms with Gasteiger partial charge < -0.3 is 20.6 Å². The lowest BCUT2D eigenvalue weighted by molar-refractivity contribution is 0.0671. The van der Waals surface area contributed by atoms with Crippen LogP contribution in [0.25, 0.3) is 0 Å². The molecule has 144 valence electrons. The highest BCUT2D eigenvalue weighted by molar-refractivity contribution is 14.0. The number of guanidine groups is 1. The molecule has 1 saturated heterocycles. The Bertz CT molecular complexity index is 545. The predicted molar refractivity (Wildman–Crippen MR) is 112 cm³/mol. The molecule has 1 aliphatic rings. The van der Waals surface area contributed by atoms with Gasteiger partial charge in [-0.3, -0.25) is 4.68 Å². The molecule has 1 fully saturated rings. The number of aliphatic imine (C=N–C) groups is 1. The van der Waals surface area contributed by atoms with Gasteiger partial charge in [0.05, 0.1) is 12.7 Å². The molecule has 0 aliphatic carbocycles. The van der Waals surface area contributed by atoms with E-state index in [-0.39, 0.29) is 24.0 Å². The number of aryl methyl sites for hydroxylation is 1. The summed E-state index contributed by atoms with van der Waals surface area (Å²) in [7, 11) is 1.84. The fourth-order valence-electron chi connectivity index (χ4n) is 2.97. The zero-order valence-corrected chi connectivity index (χ0v) is 18.2. The second kappa shape index (κ2) is 10.3. The number of halogens is 1. The minimum Gasteiger partial charge on any atom is -0.383 e. The summed E-state index contributed by atoms with van der Waals surface area (Å²) in [5.74, 6) is 1.42. The number of aromatic nitrogens is 2. The van der Waals surface area contributed by atoms with Crippen LogP contribution in [0.3, 0.4) is 0 Å². The number of hydrogen-bond acceptors (Lipinski definition) is 4. The Balaban J connectivity index is 0.00000312. The number of rotatable bonds is 7. The van der Waals surface area contributed by atoms with Crippen molar-refractivity contribution in [1.82, 2.24) is 25.3 Å². The van der Waals surface area contributed by atoms with Gasteiger partial charge in [-0.05, 0) is 39.3 Å². The first-order valence-corrected chi connectivity index (χ1v) is 8.90. The molecule has 2 atom stereocenters. The molecule has 2 heterocycles. The standard InChI is InChI=1S/C17H32N6O.HI/c1-5-18-16(19-9-14-7-8-23(6-2)11-14)20-13-17(3,24)15-10-21-22(4)12-15;/h10,12,14,24H,5-9,11,13H2,1-4H3,(H2,18,19,20);1H. The van der Waals surface area contributed by atoms with Crippen LogP contribution >= 0.6 is 24.0 Å². The van der Waals surface area contributed by atoms with Crippen molar-refractivity contribution in [2.24, 2.45) is 18.0 Å². The summed E-state index contributed by atoms with van der Waals surface area (Å²) >= 11 is 0. The highest BCUT2D eigenvalue weighted by Crippen LogP contribution is 2.20. The van der Waals surface area contributed by atoms with E-state index in [1.54, 1.807) is 17.8 Å². The minimum absolute atomic E-state index is 0. The van der Waals surface area contributed by atoms with Crippen molar-refractivity contribution in [3.8, 4) is 0 Å². The van der Waals surface area contributed by atoms with Crippen LogP contribution < -0.4 is 10.6 Å². The molecule has 0 amide bonds. The highest BCUT2D eigenvalue weighted by atomic mass is 127. The van der Waals surface area contributed by atoms with E-state index in [9.17, 15) is 5.11 Å². The fourth-order valence-corrected chi connectivity index (χ4v) is 2.97. The van der Waals surface area contributed by atoms with E-state index in [0.717, 1.165) is 37.7 Å². The van der Waals surface area contributed by atoms with Gasteiger partial charge in [0.1, 0.15) is 5.60 Å². The third-order valence-electron chi connectivity index (χ3n) is 4.59. The number of hydrogen-bond donors (Lipinski definition) is 3. The molecule has 0 bridgehead atoms. The molecule has 3 N–H and O–H groups in total. The van der Waals surface area contributed by atoms with Gasteiger partial charge in [0, 0.05) is 38.4 Å². The van der Waals surface area contributed by atoms with Crippen molar-refractivity contribution in [3.05, 3.63) is 18.0 Å². The van der Waals surface area contributed by atoms with Crippen molar-refractivity contribution in [2.75, 3.05) is 39.3 Å². The molecule has 0 radical (unpaired) electrons. The average Bonchev–Trinajstić information content (AvgIpc) is 3.19. The maximum absolute atomic E-state index is 10.6. The molecular weight excluding hydrogens is 431 g/mol. The molecule has 7 nitrogen and oxygen atoms in total. The van der Waals surface area contributed by atoms with Gasteiger partial charge >= 0.3 is 0 Å². The van der Waals surface area contributed by atoms with Crippen LogP contribution in [0.15, 0.2) is 17.4 Å². The maximum atomic E-state index is 10.6. The Labute approximate surface area is 168 Å². The minimum atomic E-state index is -1.02. The largest absolute Gasteiger partial charge is 0.383 e. The van der Waals surface area contributed by atoms with Crippen LogP contribution in [-0.4, -0.2) is 65.0 Å². The summed E-state index contributed by atoms with van der Waals surface area (Å²) in [6.45, 7) is 11.5. The molecule has 25 heavy (non-hydrogen) atoms. The average molecular weight is 464 g/mol. The van der Waals surface area contributed by atoms with Gasteiger partial charge in [-0.25, -0.2) is 4.99 Å². The van der Waals surface area contributed by atoms with Crippen molar-refractivity contribution in [2.45, 2.75) is 32.8 Å². The number of likely N-dealkylation sites (tertiary alicyclic amines) is 1. The predicted octanol–water partition coefficient (Wildman–Crippen LogP) is 1.14. The third kappa shape index (κ3) is 6.74. The molecule has 0 aromatic carbocycles. The molecule has 1 aromatic rings. The molecule has 0 spiro atoms. The summed E-state index contributed by atoms with van der Waals surface area (Å²) < 4.78 is 1.69. The quantitative estimate of drug-likeness (QED) is 0.321. The van der Waals surface area contributed by atoms with E-state index < -0.39 is 5.60 Å². The van der Waals surface area contributed by atoms with Gasteiger partial charge in [-0.15, -0.1) is 24.0 Å². The maximum Gasteiger partial charge on any atom is 0.191 e. The van der Waals surface area contributed by atoms with E-state index in [2.05, 4.69) is 32.5 Å². The monoisotopic (exact) mass is 464 g/mol. The molecule has 2 unspecified atom stereocenters. The number of nitrogens with zero attached hydrogens (tertiary/aromatic N) is 4. The first-order valence-electron chi connectivity index (χ1n) is 8.90. The van der Waals surface area contributed by atoms with Gasteiger partial charge in [0.25, 0.3) is 0 Å². The highest BCUT2D eigenvalue weighted by Gasteiger charge is 2.25. The van der Waals surface area contributed by atoms with Crippen molar-refractivity contribution in [3.63, 3.8) is 0 Å². The van der Waals surface area contributed by atoms with Crippen LogP contribution in [0.4, 0.5) is 0 Å². The molecular formula is C17H33IN6O. The van der Waals surface area contributed by atoms with Crippen molar-refractivity contribution in [1.29, 1.82) is 0 Å². The summed E-state index contributed by atoms with van der Waals surface area (Å²) in [5.41, 5.74) is -0.248. The van der Waals surface area contributed by atoms with Gasteiger partial charge in [-0.1, -0.05) is 6.92 Å². The van der Waals surface area contributed by atoms with Gasteiger partial charge in [-0.2, -0.15) is 5.10 Å². The van der Waals surface area contributed by atoms with Gasteiger partial charge in [0.2, 0.25) is 0 Å². The van der Waals surface area contributed by atoms with E-state index in [1.807, 2.05) is 20.2 Å². The summed E-state index contributed by atoms with van der Waals surface area (Å²) in [4.78, 5) is 7.04. The lowest BCUT2D eigenvalue weighted by atomic mass is 10.0. The second-order valence-corrected chi connectivity index (χ2v) is 6.80. The molecule has 2 rings (SSSR count). The van der Waals surface area contributed by atoms with E-state index in [0.29, 0.717) is 12.5 Å². The van der Waals surface area contributed by atoms with E-state index in [1.165, 1.54) is 13.0 Å².